The van der Waals surface area contributed by atoms with E-state index in [1.54, 1.807) is 0 Å². The zero-order valence-corrected chi connectivity index (χ0v) is 16.6. The van der Waals surface area contributed by atoms with Gasteiger partial charge in [0.15, 0.2) is 17.2 Å². The van der Waals surface area contributed by atoms with E-state index < -0.39 is 0 Å². The maximum Gasteiger partial charge on any atom is 0.220 e. The van der Waals surface area contributed by atoms with Crippen molar-refractivity contribution < 1.29 is 9.15 Å². The summed E-state index contributed by atoms with van der Waals surface area (Å²) in [4.78, 5) is 4.75. The van der Waals surface area contributed by atoms with Crippen LogP contribution in [0.25, 0.3) is 38.7 Å². The molecule has 1 aromatic heterocycles. The van der Waals surface area contributed by atoms with Gasteiger partial charge in [-0.05, 0) is 29.0 Å². The Labute approximate surface area is 178 Å². The zero-order chi connectivity index (χ0) is 20.6. The molecule has 0 saturated carbocycles. The van der Waals surface area contributed by atoms with Crippen molar-refractivity contribution in [1.82, 2.24) is 4.98 Å². The lowest BCUT2D eigenvalue weighted by molar-refractivity contribution is 0.457. The summed E-state index contributed by atoms with van der Waals surface area (Å²) in [6.45, 7) is 0. The number of allylic oxidation sites excluding steroid dienone is 4. The van der Waals surface area contributed by atoms with Crippen molar-refractivity contribution >= 4 is 44.4 Å². The fourth-order valence-corrected chi connectivity index (χ4v) is 3.97. The number of ether oxygens (including phenoxy) is 1. The standard InChI is InChI=1S/C27H18N2O2/c1(2-16-24-28-22-14-8-9-15-23(22)30-24)3-17-25-29-26-20-12-6-4-10-18(20)19-11-5-7-13-21(19)27(26)31-25/h1-17,28H. The molecule has 1 aliphatic rings. The van der Waals surface area contributed by atoms with Crippen LogP contribution >= 0.6 is 0 Å². The van der Waals surface area contributed by atoms with Crippen molar-refractivity contribution in [3.05, 3.63) is 109 Å². The number of oxazole rings is 1. The van der Waals surface area contributed by atoms with E-state index in [4.69, 9.17) is 14.1 Å². The van der Waals surface area contributed by atoms with Gasteiger partial charge < -0.3 is 14.5 Å². The van der Waals surface area contributed by atoms with Gasteiger partial charge in [-0.15, -0.1) is 0 Å². The van der Waals surface area contributed by atoms with E-state index in [-0.39, 0.29) is 0 Å². The molecule has 0 fully saturated rings. The maximum absolute atomic E-state index is 6.13. The quantitative estimate of drug-likeness (QED) is 0.259. The van der Waals surface area contributed by atoms with Gasteiger partial charge in [-0.25, -0.2) is 4.98 Å². The molecule has 1 N–H and O–H groups in total. The zero-order valence-electron chi connectivity index (χ0n) is 16.6. The van der Waals surface area contributed by atoms with Crippen LogP contribution in [0.2, 0.25) is 0 Å². The molecule has 0 bridgehead atoms. The molecular weight excluding hydrogens is 384 g/mol. The largest absolute Gasteiger partial charge is 0.439 e. The summed E-state index contributed by atoms with van der Waals surface area (Å²) in [5.74, 6) is 2.12. The molecule has 4 aromatic carbocycles. The van der Waals surface area contributed by atoms with Gasteiger partial charge in [-0.2, -0.15) is 0 Å². The van der Waals surface area contributed by atoms with Gasteiger partial charge in [0.25, 0.3) is 0 Å². The van der Waals surface area contributed by atoms with Crippen LogP contribution in [0.3, 0.4) is 0 Å². The van der Waals surface area contributed by atoms with Crippen molar-refractivity contribution in [3.8, 4) is 5.75 Å². The van der Waals surface area contributed by atoms with Gasteiger partial charge in [0, 0.05) is 16.8 Å². The molecular formula is C27H18N2O2. The fraction of sp³-hybridized carbons (Fsp3) is 0. The normalized spacial score (nSPS) is 14.8. The average Bonchev–Trinajstić information content (AvgIpc) is 3.43. The molecule has 0 radical (unpaired) electrons. The molecule has 1 aliphatic heterocycles. The first kappa shape index (κ1) is 17.5. The van der Waals surface area contributed by atoms with Gasteiger partial charge in [-0.3, -0.25) is 0 Å². The molecule has 0 atom stereocenters. The average molecular weight is 402 g/mol. The minimum Gasteiger partial charge on any atom is -0.439 e. The summed E-state index contributed by atoms with van der Waals surface area (Å²) in [6, 6.07) is 24.5. The maximum atomic E-state index is 6.13. The highest BCUT2D eigenvalue weighted by Crippen LogP contribution is 2.35. The van der Waals surface area contributed by atoms with Crippen molar-refractivity contribution in [2.24, 2.45) is 0 Å². The van der Waals surface area contributed by atoms with Gasteiger partial charge in [-0.1, -0.05) is 78.9 Å². The Balaban J connectivity index is 1.30. The van der Waals surface area contributed by atoms with E-state index in [0.29, 0.717) is 11.8 Å². The molecule has 0 aliphatic carbocycles. The summed E-state index contributed by atoms with van der Waals surface area (Å²) in [5.41, 5.74) is 2.69. The highest BCUT2D eigenvalue weighted by atomic mass is 16.5. The molecule has 4 nitrogen and oxygen atoms in total. The number of nitrogens with one attached hydrogen (secondary N) is 1. The van der Waals surface area contributed by atoms with Crippen molar-refractivity contribution in [1.29, 1.82) is 0 Å². The third kappa shape index (κ3) is 3.06. The van der Waals surface area contributed by atoms with Crippen LogP contribution in [0.4, 0.5) is 5.69 Å². The van der Waals surface area contributed by atoms with Crippen LogP contribution in [0, 0.1) is 0 Å². The second-order valence-corrected chi connectivity index (χ2v) is 7.32. The van der Waals surface area contributed by atoms with Gasteiger partial charge in [0.1, 0.15) is 5.52 Å². The SMILES string of the molecule is C(=CC=C1Nc2ccccc2O1)C=Cc1nc2c3ccccc3c3ccccc3c2o1. The topological polar surface area (TPSA) is 47.3 Å². The molecule has 6 rings (SSSR count). The Kier molecular flexibility index (Phi) is 4.06. The molecule has 0 spiro atoms. The number of hydrogen-bond donors (Lipinski definition) is 1. The summed E-state index contributed by atoms with van der Waals surface area (Å²) in [5, 5.41) is 7.77. The highest BCUT2D eigenvalue weighted by molar-refractivity contribution is 6.22. The predicted molar refractivity (Wildman–Crippen MR) is 126 cm³/mol. The minimum absolute atomic E-state index is 0.580. The molecule has 2 heterocycles. The molecule has 0 saturated heterocycles. The fourth-order valence-electron chi connectivity index (χ4n) is 3.97. The second-order valence-electron chi connectivity index (χ2n) is 7.32. The lowest BCUT2D eigenvalue weighted by atomic mass is 10.0. The van der Waals surface area contributed by atoms with E-state index in [1.165, 1.54) is 10.8 Å². The molecule has 4 heteroatoms. The Morgan fingerprint density at radius 1 is 0.710 bits per heavy atom. The van der Waals surface area contributed by atoms with Crippen LogP contribution in [0.15, 0.2) is 107 Å². The van der Waals surface area contributed by atoms with Gasteiger partial charge in [0.05, 0.1) is 5.69 Å². The van der Waals surface area contributed by atoms with Gasteiger partial charge in [0.2, 0.25) is 5.89 Å². The Morgan fingerprint density at radius 2 is 1.42 bits per heavy atom. The van der Waals surface area contributed by atoms with Crippen LogP contribution < -0.4 is 10.1 Å². The third-order valence-corrected chi connectivity index (χ3v) is 5.36. The first-order valence-corrected chi connectivity index (χ1v) is 10.2. The third-order valence-electron chi connectivity index (χ3n) is 5.36. The summed E-state index contributed by atoms with van der Waals surface area (Å²) in [7, 11) is 0. The molecule has 0 unspecified atom stereocenters. The van der Waals surface area contributed by atoms with Crippen molar-refractivity contribution in [2.75, 3.05) is 5.32 Å². The molecule has 0 amide bonds. The highest BCUT2D eigenvalue weighted by Gasteiger charge is 2.14. The number of rotatable bonds is 3. The van der Waals surface area contributed by atoms with Crippen LogP contribution in [0.5, 0.6) is 5.75 Å². The number of anilines is 1. The van der Waals surface area contributed by atoms with Crippen molar-refractivity contribution in [2.45, 2.75) is 0 Å². The van der Waals surface area contributed by atoms with Gasteiger partial charge >= 0.3 is 0 Å². The van der Waals surface area contributed by atoms with Crippen LogP contribution in [-0.2, 0) is 0 Å². The monoisotopic (exact) mass is 402 g/mol. The van der Waals surface area contributed by atoms with E-state index in [0.717, 1.165) is 33.3 Å². The Hall–Kier alpha value is -4.31. The summed E-state index contributed by atoms with van der Waals surface area (Å²) in [6.07, 6.45) is 9.51. The lowest BCUT2D eigenvalue weighted by Crippen LogP contribution is -1.94. The minimum atomic E-state index is 0.580. The van der Waals surface area contributed by atoms with Crippen molar-refractivity contribution in [3.63, 3.8) is 0 Å². The van der Waals surface area contributed by atoms with E-state index in [1.807, 2.05) is 66.8 Å². The smallest absolute Gasteiger partial charge is 0.220 e. The van der Waals surface area contributed by atoms with E-state index in [2.05, 4.69) is 41.7 Å². The number of fused-ring (bicyclic) bond motifs is 7. The number of hydrogen-bond acceptors (Lipinski definition) is 4. The number of nitrogens with zero attached hydrogens (tertiary/aromatic N) is 1. The summed E-state index contributed by atoms with van der Waals surface area (Å²) >= 11 is 0. The van der Waals surface area contributed by atoms with Crippen LogP contribution in [0.1, 0.15) is 5.89 Å². The number of aromatic nitrogens is 1. The molecule has 5 aromatic rings. The van der Waals surface area contributed by atoms with E-state index >= 15 is 0 Å². The molecule has 31 heavy (non-hydrogen) atoms. The van der Waals surface area contributed by atoms with Crippen LogP contribution in [-0.4, -0.2) is 4.98 Å². The predicted octanol–water partition coefficient (Wildman–Crippen LogP) is 7.05. The Bertz CT molecular complexity index is 1440. The first-order valence-electron chi connectivity index (χ1n) is 10.2. The summed E-state index contributed by atoms with van der Waals surface area (Å²) < 4.78 is 11.9. The number of para-hydroxylation sites is 2. The molecule has 148 valence electrons. The second kappa shape index (κ2) is 7.18. The first-order chi connectivity index (χ1) is 15.4. The Morgan fingerprint density at radius 3 is 2.26 bits per heavy atom. The van der Waals surface area contributed by atoms with E-state index in [9.17, 15) is 0 Å². The number of benzene rings is 4. The lowest BCUT2D eigenvalue weighted by Gasteiger charge is -2.04.